The Kier molecular flexibility index (Phi) is 18.1. The van der Waals surface area contributed by atoms with Gasteiger partial charge in [-0.1, -0.05) is 14.9 Å². The van der Waals surface area contributed by atoms with Gasteiger partial charge >= 0.3 is 24.5 Å². The molecule has 2 aromatic carbocycles. The largest absolute Gasteiger partial charge is 0.444 e. The molecule has 0 aromatic heterocycles. The Balaban J connectivity index is 0.000000542. The van der Waals surface area contributed by atoms with E-state index < -0.39 is 72.9 Å². The van der Waals surface area contributed by atoms with Gasteiger partial charge in [-0.15, -0.1) is 11.8 Å². The number of thioether (sulfide) groups is 1. The number of amides is 2. The number of halogens is 8. The van der Waals surface area contributed by atoms with Crippen molar-refractivity contribution >= 4 is 33.8 Å². The first kappa shape index (κ1) is 50.7. The summed E-state index contributed by atoms with van der Waals surface area (Å²) in [6.07, 6.45) is -8.03. The fourth-order valence-corrected chi connectivity index (χ4v) is 8.47. The number of benzene rings is 2. The first-order chi connectivity index (χ1) is 24.6. The minimum absolute atomic E-state index is 0. The molecule has 2 heterocycles. The molecule has 2 aromatic rings. The molecule has 0 aliphatic carbocycles. The molecular weight excluding hydrogens is 797 g/mol. The van der Waals surface area contributed by atoms with E-state index in [-0.39, 0.29) is 56.8 Å². The summed E-state index contributed by atoms with van der Waals surface area (Å²) in [5.41, 5.74) is -3.51. The van der Waals surface area contributed by atoms with Crippen LogP contribution in [0.2, 0.25) is 0 Å². The molecule has 0 saturated carbocycles. The van der Waals surface area contributed by atoms with Gasteiger partial charge in [-0.3, -0.25) is 0 Å². The zero-order chi connectivity index (χ0) is 40.9. The highest BCUT2D eigenvalue weighted by atomic mass is 32.2. The van der Waals surface area contributed by atoms with Crippen molar-refractivity contribution in [3.63, 3.8) is 0 Å². The van der Waals surface area contributed by atoms with Crippen LogP contribution in [0.3, 0.4) is 0 Å². The highest BCUT2D eigenvalue weighted by Crippen LogP contribution is 2.35. The summed E-state index contributed by atoms with van der Waals surface area (Å²) in [4.78, 5) is 26.8. The third kappa shape index (κ3) is 16.7. The number of hydrogen-bond acceptors (Lipinski definition) is 7. The zero-order valence-electron chi connectivity index (χ0n) is 30.9. The minimum Gasteiger partial charge on any atom is -0.444 e. The van der Waals surface area contributed by atoms with Crippen LogP contribution in [0.15, 0.2) is 46.2 Å². The van der Waals surface area contributed by atoms with E-state index in [4.69, 9.17) is 9.47 Å². The second-order valence-corrected chi connectivity index (χ2v) is 18.4. The summed E-state index contributed by atoms with van der Waals surface area (Å²) < 4.78 is 139. The van der Waals surface area contributed by atoms with E-state index in [0.717, 1.165) is 25.0 Å². The SMILES string of the molecule is C.C.CC(C)(C)OC(=O)N1CCC(CS(=O)(=O)c2cc(F)cc(C(F)(F)F)c2)CC1.CC(C)(C)OC(=O)N1CCC(CSc2cc(F)cc(C(F)(F)F)c2)CC1. The van der Waals surface area contributed by atoms with Gasteiger partial charge in [0.25, 0.3) is 0 Å². The quantitative estimate of drug-likeness (QED) is 0.211. The number of likely N-dealkylation sites (tertiary alicyclic amines) is 2. The summed E-state index contributed by atoms with van der Waals surface area (Å²) >= 11 is 1.22. The van der Waals surface area contributed by atoms with Crippen molar-refractivity contribution in [2.75, 3.05) is 37.7 Å². The Bertz CT molecular complexity index is 1710. The van der Waals surface area contributed by atoms with Gasteiger partial charge < -0.3 is 19.3 Å². The van der Waals surface area contributed by atoms with E-state index in [1.165, 1.54) is 16.7 Å². The lowest BCUT2D eigenvalue weighted by Gasteiger charge is -2.33. The standard InChI is InChI=1S/C18H23F4NO4S.C18H23F4NO2S.2CH4/c1-17(2,3)27-16(24)23-6-4-12(5-7-23)11-28(25,26)15-9-13(18(20,21)22)8-14(19)10-15;1-17(2,3)25-16(24)23-6-4-12(5-7-23)11-26-15-9-13(18(20,21)22)8-14(19)10-15;;/h8-10,12H,4-7,11H2,1-3H3;8-10,12H,4-7,11H2,1-3H3;2*1H4. The second kappa shape index (κ2) is 19.9. The minimum atomic E-state index is -4.84. The Morgan fingerprint density at radius 1 is 0.661 bits per heavy atom. The summed E-state index contributed by atoms with van der Waals surface area (Å²) in [5.74, 6) is -2.05. The van der Waals surface area contributed by atoms with Crippen molar-refractivity contribution < 1.29 is 62.6 Å². The lowest BCUT2D eigenvalue weighted by atomic mass is 9.99. The number of hydrogen-bond donors (Lipinski definition) is 0. The van der Waals surface area contributed by atoms with Crippen molar-refractivity contribution in [3.8, 4) is 0 Å². The van der Waals surface area contributed by atoms with Crippen LogP contribution in [0.25, 0.3) is 0 Å². The van der Waals surface area contributed by atoms with Crippen molar-refractivity contribution in [3.05, 3.63) is 59.2 Å². The van der Waals surface area contributed by atoms with Gasteiger partial charge in [0.2, 0.25) is 0 Å². The second-order valence-electron chi connectivity index (χ2n) is 15.3. The Hall–Kier alpha value is -3.28. The van der Waals surface area contributed by atoms with Crippen molar-refractivity contribution in [1.29, 1.82) is 0 Å². The molecule has 2 aliphatic rings. The molecule has 18 heteroatoms. The van der Waals surface area contributed by atoms with Gasteiger partial charge in [-0.25, -0.2) is 26.8 Å². The summed E-state index contributed by atoms with van der Waals surface area (Å²) in [6.45, 7) is 12.3. The normalized spacial score (nSPS) is 16.2. The summed E-state index contributed by atoms with van der Waals surface area (Å²) in [5, 5.41) is 0. The van der Waals surface area contributed by atoms with E-state index in [0.29, 0.717) is 49.9 Å². The van der Waals surface area contributed by atoms with E-state index in [1.807, 2.05) is 20.8 Å². The maximum absolute atomic E-state index is 13.5. The predicted octanol–water partition coefficient (Wildman–Crippen LogP) is 11.1. The van der Waals surface area contributed by atoms with E-state index in [1.54, 1.807) is 25.7 Å². The van der Waals surface area contributed by atoms with Gasteiger partial charge in [0, 0.05) is 36.8 Å². The lowest BCUT2D eigenvalue weighted by Crippen LogP contribution is -2.42. The van der Waals surface area contributed by atoms with Crippen LogP contribution in [0.1, 0.15) is 93.2 Å². The molecular formula is C38H54F8N2O6S2. The summed E-state index contributed by atoms with van der Waals surface area (Å²) in [7, 11) is -4.11. The molecule has 0 spiro atoms. The maximum Gasteiger partial charge on any atom is 0.416 e. The van der Waals surface area contributed by atoms with Gasteiger partial charge in [0.15, 0.2) is 9.84 Å². The molecule has 2 fully saturated rings. The molecule has 0 bridgehead atoms. The fourth-order valence-electron chi connectivity index (χ4n) is 5.55. The molecule has 8 nitrogen and oxygen atoms in total. The smallest absolute Gasteiger partial charge is 0.416 e. The number of piperidine rings is 2. The van der Waals surface area contributed by atoms with Crippen LogP contribution in [0, 0.1) is 23.5 Å². The Morgan fingerprint density at radius 3 is 1.46 bits per heavy atom. The number of sulfone groups is 1. The van der Waals surface area contributed by atoms with Gasteiger partial charge in [-0.2, -0.15) is 26.3 Å². The van der Waals surface area contributed by atoms with Gasteiger partial charge in [-0.05, 0) is 115 Å². The van der Waals surface area contributed by atoms with E-state index in [2.05, 4.69) is 0 Å². The zero-order valence-corrected chi connectivity index (χ0v) is 32.5. The average Bonchev–Trinajstić information content (AvgIpc) is 3.01. The Labute approximate surface area is 329 Å². The summed E-state index contributed by atoms with van der Waals surface area (Å²) in [6, 6.07) is 3.91. The van der Waals surface area contributed by atoms with E-state index in [9.17, 15) is 53.1 Å². The molecule has 0 radical (unpaired) electrons. The number of carbonyl (C=O) groups excluding carboxylic acids is 2. The number of nitrogens with zero attached hydrogens (tertiary/aromatic N) is 2. The first-order valence-corrected chi connectivity index (χ1v) is 19.8. The van der Waals surface area contributed by atoms with Crippen molar-refractivity contribution in [2.45, 2.75) is 115 Å². The Morgan fingerprint density at radius 2 is 1.05 bits per heavy atom. The number of carbonyl (C=O) groups is 2. The molecule has 2 aliphatic heterocycles. The average molecular weight is 851 g/mol. The van der Waals surface area contributed by atoms with Gasteiger partial charge in [0.1, 0.15) is 22.8 Å². The van der Waals surface area contributed by atoms with Crippen LogP contribution >= 0.6 is 11.8 Å². The number of rotatable bonds is 6. The number of alkyl halides is 6. The molecule has 2 amide bonds. The highest BCUT2D eigenvalue weighted by Gasteiger charge is 2.35. The van der Waals surface area contributed by atoms with Crippen LogP contribution in [0.5, 0.6) is 0 Å². The van der Waals surface area contributed by atoms with Crippen LogP contribution in [-0.2, 0) is 31.7 Å². The maximum atomic E-state index is 13.5. The molecule has 0 unspecified atom stereocenters. The van der Waals surface area contributed by atoms with Crippen LogP contribution < -0.4 is 0 Å². The molecule has 320 valence electrons. The van der Waals surface area contributed by atoms with Crippen LogP contribution in [0.4, 0.5) is 44.7 Å². The van der Waals surface area contributed by atoms with Crippen LogP contribution in [-0.4, -0.2) is 79.3 Å². The molecule has 2 saturated heterocycles. The third-order valence-corrected chi connectivity index (χ3v) is 11.3. The fraction of sp³-hybridized carbons (Fsp3) is 0.632. The van der Waals surface area contributed by atoms with Crippen molar-refractivity contribution in [1.82, 2.24) is 9.80 Å². The highest BCUT2D eigenvalue weighted by molar-refractivity contribution is 7.99. The molecule has 4 rings (SSSR count). The lowest BCUT2D eigenvalue weighted by molar-refractivity contribution is -0.138. The predicted molar refractivity (Wildman–Crippen MR) is 200 cm³/mol. The molecule has 0 atom stereocenters. The van der Waals surface area contributed by atoms with E-state index >= 15 is 0 Å². The van der Waals surface area contributed by atoms with Gasteiger partial charge in [0.05, 0.1) is 21.8 Å². The monoisotopic (exact) mass is 850 g/mol. The van der Waals surface area contributed by atoms with Crippen molar-refractivity contribution in [2.24, 2.45) is 11.8 Å². The number of ether oxygens (including phenoxy) is 2. The third-order valence-electron chi connectivity index (χ3n) is 8.23. The molecule has 0 N–H and O–H groups in total. The first-order valence-electron chi connectivity index (χ1n) is 17.2. The molecule has 56 heavy (non-hydrogen) atoms. The topological polar surface area (TPSA) is 93.2 Å².